The lowest BCUT2D eigenvalue weighted by Gasteiger charge is -2.17. The summed E-state index contributed by atoms with van der Waals surface area (Å²) in [4.78, 5) is 11.3. The molecule has 4 heteroatoms. The number of hydrogen-bond acceptors (Lipinski definition) is 4. The number of carbonyl (C=O) groups excluding carboxylic acids is 1. The largest absolute Gasteiger partial charge is 0.496 e. The van der Waals surface area contributed by atoms with E-state index in [2.05, 4.69) is 0 Å². The van der Waals surface area contributed by atoms with Crippen molar-refractivity contribution in [1.82, 2.24) is 0 Å². The molecule has 0 bridgehead atoms. The van der Waals surface area contributed by atoms with E-state index in [1.165, 1.54) is 6.92 Å². The van der Waals surface area contributed by atoms with Crippen LogP contribution < -0.4 is 14.2 Å². The van der Waals surface area contributed by atoms with Crippen LogP contribution in [0.2, 0.25) is 0 Å². The number of hydrogen-bond donors (Lipinski definition) is 0. The molecule has 0 amide bonds. The maximum absolute atomic E-state index is 11.3. The normalized spacial score (nSPS) is 10.3. The van der Waals surface area contributed by atoms with Gasteiger partial charge in [0.15, 0.2) is 11.5 Å². The van der Waals surface area contributed by atoms with Gasteiger partial charge in [-0.1, -0.05) is 24.3 Å². The molecule has 0 heterocycles. The molecule has 0 N–H and O–H groups in total. The zero-order chi connectivity index (χ0) is 14.0. The summed E-state index contributed by atoms with van der Waals surface area (Å²) in [5.74, 6) is 1.30. The van der Waals surface area contributed by atoms with Gasteiger partial charge in [0.05, 0.1) is 14.2 Å². The number of fused-ring (bicyclic) bond motifs is 1. The summed E-state index contributed by atoms with van der Waals surface area (Å²) in [5.41, 5.74) is 0.806. The van der Waals surface area contributed by atoms with Crippen LogP contribution in [0.4, 0.5) is 0 Å². The molecule has 0 aromatic heterocycles. The van der Waals surface area contributed by atoms with Crippen LogP contribution in [0, 0.1) is 6.92 Å². The van der Waals surface area contributed by atoms with Gasteiger partial charge in [-0.05, 0) is 6.92 Å². The van der Waals surface area contributed by atoms with Crippen molar-refractivity contribution in [3.05, 3.63) is 29.8 Å². The third kappa shape index (κ3) is 2.21. The van der Waals surface area contributed by atoms with Crippen LogP contribution in [0.3, 0.4) is 0 Å². The zero-order valence-corrected chi connectivity index (χ0v) is 11.4. The smallest absolute Gasteiger partial charge is 0.308 e. The molecular formula is C15H16O4. The van der Waals surface area contributed by atoms with Crippen LogP contribution >= 0.6 is 0 Å². The fraction of sp³-hybridized carbons (Fsp3) is 0.267. The SMILES string of the molecule is COc1c(C)c(OC)c2ccccc2c1OC(C)=O. The van der Waals surface area contributed by atoms with E-state index < -0.39 is 0 Å². The molecular weight excluding hydrogens is 244 g/mol. The Morgan fingerprint density at radius 2 is 1.47 bits per heavy atom. The van der Waals surface area contributed by atoms with Gasteiger partial charge in [0, 0.05) is 23.3 Å². The molecule has 4 nitrogen and oxygen atoms in total. The van der Waals surface area contributed by atoms with Gasteiger partial charge in [-0.2, -0.15) is 0 Å². The molecule has 0 aliphatic rings. The van der Waals surface area contributed by atoms with Crippen molar-refractivity contribution in [3.63, 3.8) is 0 Å². The number of carbonyl (C=O) groups is 1. The van der Waals surface area contributed by atoms with E-state index in [9.17, 15) is 4.79 Å². The third-order valence-electron chi connectivity index (χ3n) is 2.96. The summed E-state index contributed by atoms with van der Waals surface area (Å²) < 4.78 is 16.1. The molecule has 0 saturated heterocycles. The maximum atomic E-state index is 11.3. The molecule has 0 radical (unpaired) electrons. The maximum Gasteiger partial charge on any atom is 0.308 e. The molecule has 2 aromatic rings. The number of ether oxygens (including phenoxy) is 3. The van der Waals surface area contributed by atoms with Crippen LogP contribution in [0.1, 0.15) is 12.5 Å². The van der Waals surface area contributed by atoms with E-state index in [-0.39, 0.29) is 5.97 Å². The highest BCUT2D eigenvalue weighted by Crippen LogP contribution is 2.45. The van der Waals surface area contributed by atoms with E-state index in [1.807, 2.05) is 31.2 Å². The predicted octanol–water partition coefficient (Wildman–Crippen LogP) is 3.09. The van der Waals surface area contributed by atoms with Gasteiger partial charge in [0.2, 0.25) is 0 Å². The van der Waals surface area contributed by atoms with Gasteiger partial charge in [-0.15, -0.1) is 0 Å². The lowest BCUT2D eigenvalue weighted by atomic mass is 10.0. The molecule has 0 saturated carbocycles. The van der Waals surface area contributed by atoms with E-state index in [0.29, 0.717) is 11.5 Å². The molecule has 0 unspecified atom stereocenters. The highest BCUT2D eigenvalue weighted by atomic mass is 16.6. The first-order valence-corrected chi connectivity index (χ1v) is 5.91. The number of esters is 1. The highest BCUT2D eigenvalue weighted by molar-refractivity contribution is 5.98. The third-order valence-corrected chi connectivity index (χ3v) is 2.96. The minimum atomic E-state index is -0.381. The van der Waals surface area contributed by atoms with Crippen LogP contribution in [0.15, 0.2) is 24.3 Å². The van der Waals surface area contributed by atoms with Gasteiger partial charge >= 0.3 is 5.97 Å². The van der Waals surface area contributed by atoms with Crippen molar-refractivity contribution in [2.75, 3.05) is 14.2 Å². The fourth-order valence-electron chi connectivity index (χ4n) is 2.23. The van der Waals surface area contributed by atoms with Crippen molar-refractivity contribution in [2.24, 2.45) is 0 Å². The first-order valence-electron chi connectivity index (χ1n) is 5.91. The van der Waals surface area contributed by atoms with Crippen LogP contribution in [0.5, 0.6) is 17.2 Å². The highest BCUT2D eigenvalue weighted by Gasteiger charge is 2.20. The molecule has 2 aromatic carbocycles. The summed E-state index contributed by atoms with van der Waals surface area (Å²) in [6.45, 7) is 3.24. The number of methoxy groups -OCH3 is 2. The van der Waals surface area contributed by atoms with E-state index in [4.69, 9.17) is 14.2 Å². The number of rotatable bonds is 3. The molecule has 2 rings (SSSR count). The van der Waals surface area contributed by atoms with Crippen molar-refractivity contribution in [1.29, 1.82) is 0 Å². The topological polar surface area (TPSA) is 44.8 Å². The van der Waals surface area contributed by atoms with Gasteiger partial charge in [0.25, 0.3) is 0 Å². The average molecular weight is 260 g/mol. The lowest BCUT2D eigenvalue weighted by molar-refractivity contribution is -0.131. The van der Waals surface area contributed by atoms with Crippen LogP contribution in [-0.2, 0) is 4.79 Å². The minimum absolute atomic E-state index is 0.381. The van der Waals surface area contributed by atoms with Crippen LogP contribution in [0.25, 0.3) is 10.8 Å². The Morgan fingerprint density at radius 3 is 1.95 bits per heavy atom. The first-order chi connectivity index (χ1) is 9.10. The Bertz CT molecular complexity index is 632. The molecule has 0 atom stereocenters. The Kier molecular flexibility index (Phi) is 3.60. The second-order valence-electron chi connectivity index (χ2n) is 4.16. The summed E-state index contributed by atoms with van der Waals surface area (Å²) in [6, 6.07) is 7.59. The van der Waals surface area contributed by atoms with E-state index >= 15 is 0 Å². The Morgan fingerprint density at radius 1 is 0.947 bits per heavy atom. The summed E-state index contributed by atoms with van der Waals surface area (Å²) in [6.07, 6.45) is 0. The average Bonchev–Trinajstić information content (AvgIpc) is 2.39. The quantitative estimate of drug-likeness (QED) is 0.628. The molecule has 0 fully saturated rings. The number of benzene rings is 2. The molecule has 0 aliphatic heterocycles. The van der Waals surface area contributed by atoms with Crippen molar-refractivity contribution < 1.29 is 19.0 Å². The minimum Gasteiger partial charge on any atom is -0.496 e. The predicted molar refractivity (Wildman–Crippen MR) is 73.1 cm³/mol. The van der Waals surface area contributed by atoms with Gasteiger partial charge in [-0.25, -0.2) is 0 Å². The molecule has 0 spiro atoms. The van der Waals surface area contributed by atoms with Gasteiger partial charge in [-0.3, -0.25) is 4.79 Å². The standard InChI is InChI=1S/C15H16O4/c1-9-13(17-3)11-7-5-6-8-12(11)15(14(9)18-4)19-10(2)16/h5-8H,1-4H3. The second kappa shape index (κ2) is 5.18. The fourth-order valence-corrected chi connectivity index (χ4v) is 2.23. The molecule has 100 valence electrons. The summed E-state index contributed by atoms with van der Waals surface area (Å²) in [5, 5.41) is 1.68. The summed E-state index contributed by atoms with van der Waals surface area (Å²) >= 11 is 0. The van der Waals surface area contributed by atoms with E-state index in [1.54, 1.807) is 14.2 Å². The Balaban J connectivity index is 2.87. The lowest BCUT2D eigenvalue weighted by Crippen LogP contribution is -2.05. The monoisotopic (exact) mass is 260 g/mol. The van der Waals surface area contributed by atoms with Gasteiger partial charge in [0.1, 0.15) is 5.75 Å². The van der Waals surface area contributed by atoms with Crippen LogP contribution in [-0.4, -0.2) is 20.2 Å². The van der Waals surface area contributed by atoms with Crippen molar-refractivity contribution in [2.45, 2.75) is 13.8 Å². The Hall–Kier alpha value is -2.23. The summed E-state index contributed by atoms with van der Waals surface area (Å²) in [7, 11) is 3.16. The van der Waals surface area contributed by atoms with Crippen molar-refractivity contribution in [3.8, 4) is 17.2 Å². The van der Waals surface area contributed by atoms with E-state index in [0.717, 1.165) is 22.1 Å². The Labute approximate surface area is 111 Å². The second-order valence-corrected chi connectivity index (χ2v) is 4.16. The van der Waals surface area contributed by atoms with Crippen molar-refractivity contribution >= 4 is 16.7 Å². The molecule has 19 heavy (non-hydrogen) atoms. The zero-order valence-electron chi connectivity index (χ0n) is 11.4. The first kappa shape index (κ1) is 13.2. The molecule has 0 aliphatic carbocycles. The van der Waals surface area contributed by atoms with Gasteiger partial charge < -0.3 is 14.2 Å².